The maximum atomic E-state index is 12.2. The molecule has 8 nitrogen and oxygen atoms in total. The highest BCUT2D eigenvalue weighted by Gasteiger charge is 2.27. The summed E-state index contributed by atoms with van der Waals surface area (Å²) >= 11 is 0. The second kappa shape index (κ2) is 5.35. The molecule has 9 heteroatoms. The Morgan fingerprint density at radius 2 is 1.85 bits per heavy atom. The van der Waals surface area contributed by atoms with Gasteiger partial charge in [0.1, 0.15) is 5.56 Å². The molecule has 1 amide bonds. The van der Waals surface area contributed by atoms with E-state index in [1.54, 1.807) is 13.0 Å². The topological polar surface area (TPSA) is 117 Å². The van der Waals surface area contributed by atoms with Crippen molar-refractivity contribution in [2.24, 2.45) is 5.14 Å². The molecule has 1 aliphatic rings. The lowest BCUT2D eigenvalue weighted by Gasteiger charge is -2.32. The molecular formula is C11H16N4O4S. The summed E-state index contributed by atoms with van der Waals surface area (Å²) < 4.78 is 23.4. The lowest BCUT2D eigenvalue weighted by atomic mass is 10.2. The van der Waals surface area contributed by atoms with Gasteiger partial charge in [-0.2, -0.15) is 12.7 Å². The third-order valence-electron chi connectivity index (χ3n) is 3.17. The zero-order chi connectivity index (χ0) is 14.9. The Balaban J connectivity index is 2.11. The van der Waals surface area contributed by atoms with Gasteiger partial charge < -0.3 is 9.88 Å². The molecule has 1 aliphatic heterocycles. The number of nitrogens with one attached hydrogen (secondary N) is 1. The van der Waals surface area contributed by atoms with Crippen molar-refractivity contribution >= 4 is 16.1 Å². The van der Waals surface area contributed by atoms with E-state index < -0.39 is 21.7 Å². The molecule has 0 aromatic carbocycles. The van der Waals surface area contributed by atoms with Crippen LogP contribution in [0, 0.1) is 6.92 Å². The summed E-state index contributed by atoms with van der Waals surface area (Å²) in [5, 5.41) is 5.02. The first-order chi connectivity index (χ1) is 9.29. The third kappa shape index (κ3) is 3.06. The molecule has 2 rings (SSSR count). The molecule has 1 aromatic rings. The van der Waals surface area contributed by atoms with Crippen molar-refractivity contribution in [3.8, 4) is 0 Å². The number of H-pyrrole nitrogens is 1. The Hall–Kier alpha value is -1.71. The summed E-state index contributed by atoms with van der Waals surface area (Å²) in [5.74, 6) is -0.402. The van der Waals surface area contributed by atoms with Crippen molar-refractivity contribution in [1.29, 1.82) is 0 Å². The van der Waals surface area contributed by atoms with Crippen LogP contribution in [0.1, 0.15) is 16.1 Å². The normalized spacial score (nSPS) is 17.2. The molecule has 0 bridgehead atoms. The van der Waals surface area contributed by atoms with E-state index in [1.807, 2.05) is 0 Å². The average Bonchev–Trinajstić information content (AvgIpc) is 2.37. The molecule has 3 N–H and O–H groups in total. The van der Waals surface area contributed by atoms with Gasteiger partial charge in [-0.25, -0.2) is 5.14 Å². The largest absolute Gasteiger partial charge is 0.336 e. The van der Waals surface area contributed by atoms with Gasteiger partial charge in [-0.1, -0.05) is 0 Å². The van der Waals surface area contributed by atoms with Crippen LogP contribution in [-0.4, -0.2) is 54.7 Å². The molecule has 0 spiro atoms. The number of aromatic amines is 1. The summed E-state index contributed by atoms with van der Waals surface area (Å²) in [7, 11) is -3.73. The number of aryl methyl sites for hydroxylation is 1. The van der Waals surface area contributed by atoms with E-state index in [9.17, 15) is 18.0 Å². The lowest BCUT2D eigenvalue weighted by molar-refractivity contribution is 0.0696. The number of aromatic nitrogens is 1. The molecule has 1 fully saturated rings. The minimum absolute atomic E-state index is 0.0552. The molecule has 0 saturated carbocycles. The molecule has 0 radical (unpaired) electrons. The minimum atomic E-state index is -3.73. The van der Waals surface area contributed by atoms with Crippen LogP contribution in [0.4, 0.5) is 0 Å². The Labute approximate surface area is 116 Å². The predicted molar refractivity (Wildman–Crippen MR) is 72.4 cm³/mol. The molecular weight excluding hydrogens is 284 g/mol. The highest BCUT2D eigenvalue weighted by molar-refractivity contribution is 7.86. The van der Waals surface area contributed by atoms with Gasteiger partial charge >= 0.3 is 0 Å². The van der Waals surface area contributed by atoms with Gasteiger partial charge in [0, 0.05) is 31.9 Å². The zero-order valence-electron chi connectivity index (χ0n) is 11.0. The second-order valence-corrected chi connectivity index (χ2v) is 6.17. The van der Waals surface area contributed by atoms with Crippen molar-refractivity contribution < 1.29 is 13.2 Å². The number of nitrogens with zero attached hydrogens (tertiary/aromatic N) is 2. The molecule has 110 valence electrons. The monoisotopic (exact) mass is 300 g/mol. The highest BCUT2D eigenvalue weighted by Crippen LogP contribution is 2.08. The summed E-state index contributed by atoms with van der Waals surface area (Å²) in [6.45, 7) is 2.41. The number of piperazine rings is 1. The van der Waals surface area contributed by atoms with Gasteiger partial charge in [0.15, 0.2) is 0 Å². The summed E-state index contributed by atoms with van der Waals surface area (Å²) in [6.07, 6.45) is 0. The van der Waals surface area contributed by atoms with Crippen molar-refractivity contribution in [2.45, 2.75) is 6.92 Å². The van der Waals surface area contributed by atoms with E-state index >= 15 is 0 Å². The van der Waals surface area contributed by atoms with Crippen molar-refractivity contribution in [2.75, 3.05) is 26.2 Å². The summed E-state index contributed by atoms with van der Waals surface area (Å²) in [5.41, 5.74) is 0.286. The van der Waals surface area contributed by atoms with Crippen molar-refractivity contribution in [3.63, 3.8) is 0 Å². The van der Waals surface area contributed by atoms with Gasteiger partial charge in [0.25, 0.3) is 21.7 Å². The average molecular weight is 300 g/mol. The zero-order valence-corrected chi connectivity index (χ0v) is 11.8. The van der Waals surface area contributed by atoms with Gasteiger partial charge in [0.2, 0.25) is 0 Å². The van der Waals surface area contributed by atoms with Gasteiger partial charge in [-0.3, -0.25) is 9.59 Å². The Kier molecular flexibility index (Phi) is 3.93. The predicted octanol–water partition coefficient (Wildman–Crippen LogP) is -1.36. The van der Waals surface area contributed by atoms with Gasteiger partial charge in [0.05, 0.1) is 0 Å². The van der Waals surface area contributed by atoms with E-state index in [1.165, 1.54) is 11.0 Å². The lowest BCUT2D eigenvalue weighted by Crippen LogP contribution is -2.52. The number of carbonyl (C=O) groups excluding carboxylic acids is 1. The first-order valence-electron chi connectivity index (χ1n) is 6.06. The highest BCUT2D eigenvalue weighted by atomic mass is 32.2. The number of nitrogens with two attached hydrogens (primary N) is 1. The molecule has 0 atom stereocenters. The molecule has 0 unspecified atom stereocenters. The third-order valence-corrected chi connectivity index (χ3v) is 4.26. The van der Waals surface area contributed by atoms with Crippen LogP contribution < -0.4 is 10.7 Å². The van der Waals surface area contributed by atoms with E-state index in [4.69, 9.17) is 5.14 Å². The number of hydrogen-bond donors (Lipinski definition) is 2. The summed E-state index contributed by atoms with van der Waals surface area (Å²) in [4.78, 5) is 27.9. The van der Waals surface area contributed by atoms with Gasteiger partial charge in [-0.05, 0) is 19.1 Å². The molecule has 1 aromatic heterocycles. The number of pyridine rings is 1. The first-order valence-corrected chi connectivity index (χ1v) is 7.56. The van der Waals surface area contributed by atoms with Crippen LogP contribution in [0.2, 0.25) is 0 Å². The van der Waals surface area contributed by atoms with E-state index in [0.717, 1.165) is 4.31 Å². The number of hydrogen-bond acceptors (Lipinski definition) is 4. The molecule has 0 aliphatic carbocycles. The van der Waals surface area contributed by atoms with Gasteiger partial charge in [-0.15, -0.1) is 0 Å². The first kappa shape index (κ1) is 14.7. The Bertz CT molecular complexity index is 674. The molecule has 2 heterocycles. The number of amides is 1. The van der Waals surface area contributed by atoms with Crippen LogP contribution >= 0.6 is 0 Å². The molecule has 1 saturated heterocycles. The van der Waals surface area contributed by atoms with Crippen LogP contribution in [-0.2, 0) is 10.2 Å². The standard InChI is InChI=1S/C11H16N4O4S/c1-8-2-3-9(10(16)13-8)11(17)14-4-6-15(7-5-14)20(12,18)19/h2-3H,4-7H2,1H3,(H,13,16)(H2,12,18,19). The van der Waals surface area contributed by atoms with Crippen LogP contribution in [0.15, 0.2) is 16.9 Å². The Morgan fingerprint density at radius 3 is 2.35 bits per heavy atom. The van der Waals surface area contributed by atoms with Crippen LogP contribution in [0.25, 0.3) is 0 Å². The summed E-state index contributed by atoms with van der Waals surface area (Å²) in [6, 6.07) is 3.12. The number of rotatable bonds is 2. The Morgan fingerprint density at radius 1 is 1.25 bits per heavy atom. The smallest absolute Gasteiger partial charge is 0.277 e. The molecule has 20 heavy (non-hydrogen) atoms. The quantitative estimate of drug-likeness (QED) is 0.702. The van der Waals surface area contributed by atoms with Crippen molar-refractivity contribution in [3.05, 3.63) is 33.7 Å². The number of carbonyl (C=O) groups is 1. The van der Waals surface area contributed by atoms with Crippen molar-refractivity contribution in [1.82, 2.24) is 14.2 Å². The fraction of sp³-hybridized carbons (Fsp3) is 0.455. The van der Waals surface area contributed by atoms with E-state index in [0.29, 0.717) is 5.69 Å². The second-order valence-electron chi connectivity index (χ2n) is 4.62. The minimum Gasteiger partial charge on any atom is -0.336 e. The van der Waals surface area contributed by atoms with Crippen LogP contribution in [0.5, 0.6) is 0 Å². The maximum Gasteiger partial charge on any atom is 0.277 e. The maximum absolute atomic E-state index is 12.2. The van der Waals surface area contributed by atoms with E-state index in [-0.39, 0.29) is 31.7 Å². The fourth-order valence-corrected chi connectivity index (χ4v) is 2.73. The van der Waals surface area contributed by atoms with E-state index in [2.05, 4.69) is 4.98 Å². The van der Waals surface area contributed by atoms with Crippen LogP contribution in [0.3, 0.4) is 0 Å². The fourth-order valence-electron chi connectivity index (χ4n) is 2.06. The SMILES string of the molecule is Cc1ccc(C(=O)N2CCN(S(N)(=O)=O)CC2)c(=O)[nH]1.